The molecule has 1 saturated heterocycles. The quantitative estimate of drug-likeness (QED) is 0.518. The van der Waals surface area contributed by atoms with Gasteiger partial charge in [0, 0.05) is 11.4 Å². The van der Waals surface area contributed by atoms with Gasteiger partial charge in [0.25, 0.3) is 0 Å². The monoisotopic (exact) mass is 502 g/mol. The molecule has 0 radical (unpaired) electrons. The molecule has 1 aliphatic heterocycles. The van der Waals surface area contributed by atoms with Crippen molar-refractivity contribution in [1.29, 1.82) is 5.26 Å². The number of nitrogens with zero attached hydrogens (tertiary/aromatic N) is 2. The summed E-state index contributed by atoms with van der Waals surface area (Å²) < 4.78 is 28.3. The first kappa shape index (κ1) is 25.9. The highest BCUT2D eigenvalue weighted by molar-refractivity contribution is 7.88. The van der Waals surface area contributed by atoms with Crippen LogP contribution < -0.4 is 10.0 Å². The van der Waals surface area contributed by atoms with Gasteiger partial charge in [0.05, 0.1) is 12.3 Å². The van der Waals surface area contributed by atoms with Crippen LogP contribution in [0.25, 0.3) is 0 Å². The molecule has 1 aromatic heterocycles. The molecule has 182 valence electrons. The molecular formula is C24H30N4O4S2. The molecule has 0 saturated carbocycles. The minimum absolute atomic E-state index is 0.0800. The summed E-state index contributed by atoms with van der Waals surface area (Å²) in [5, 5.41) is 11.8. The number of carbonyl (C=O) groups is 2. The molecule has 3 rings (SSSR count). The third-order valence-electron chi connectivity index (χ3n) is 5.57. The van der Waals surface area contributed by atoms with Crippen molar-refractivity contribution >= 4 is 33.2 Å². The van der Waals surface area contributed by atoms with Crippen molar-refractivity contribution in [2.75, 3.05) is 6.54 Å². The number of nitriles is 1. The third kappa shape index (κ3) is 7.13. The highest BCUT2D eigenvalue weighted by Crippen LogP contribution is 2.22. The molecule has 2 amide bonds. The van der Waals surface area contributed by atoms with Crippen LogP contribution in [0.15, 0.2) is 42.5 Å². The molecule has 1 aliphatic rings. The Labute approximate surface area is 205 Å². The number of sulfonamides is 1. The molecule has 34 heavy (non-hydrogen) atoms. The summed E-state index contributed by atoms with van der Waals surface area (Å²) in [6, 6.07) is 12.8. The Bertz CT molecular complexity index is 1140. The van der Waals surface area contributed by atoms with Crippen molar-refractivity contribution in [2.45, 2.75) is 57.5 Å². The Balaban J connectivity index is 1.68. The van der Waals surface area contributed by atoms with Gasteiger partial charge in [-0.3, -0.25) is 9.59 Å². The molecule has 0 bridgehead atoms. The van der Waals surface area contributed by atoms with E-state index < -0.39 is 22.1 Å². The lowest BCUT2D eigenvalue weighted by Crippen LogP contribution is -2.53. The minimum Gasteiger partial charge on any atom is -0.349 e. The van der Waals surface area contributed by atoms with Gasteiger partial charge in [-0.1, -0.05) is 44.2 Å². The van der Waals surface area contributed by atoms with Crippen LogP contribution in [-0.4, -0.2) is 43.8 Å². The SMILES string of the molecule is CC(C)C[C@@H](NS(=O)(=O)Cc1ccccc1)C(=O)N1CCC[C@H]1C(=O)NCc1ccc(C#N)s1. The number of nitrogens with one attached hydrogen (secondary N) is 2. The second-order valence-electron chi connectivity index (χ2n) is 8.83. The average molecular weight is 503 g/mol. The Morgan fingerprint density at radius 1 is 1.21 bits per heavy atom. The number of thiophene rings is 1. The zero-order valence-electron chi connectivity index (χ0n) is 19.4. The largest absolute Gasteiger partial charge is 0.349 e. The van der Waals surface area contributed by atoms with Crippen molar-refractivity contribution in [1.82, 2.24) is 14.9 Å². The van der Waals surface area contributed by atoms with Crippen LogP contribution in [-0.2, 0) is 31.9 Å². The van der Waals surface area contributed by atoms with Crippen LogP contribution in [0.3, 0.4) is 0 Å². The summed E-state index contributed by atoms with van der Waals surface area (Å²) in [5.41, 5.74) is 0.636. The molecule has 0 unspecified atom stereocenters. The van der Waals surface area contributed by atoms with Crippen LogP contribution in [0, 0.1) is 17.2 Å². The van der Waals surface area contributed by atoms with Gasteiger partial charge in [0.2, 0.25) is 21.8 Å². The Morgan fingerprint density at radius 2 is 1.94 bits per heavy atom. The maximum absolute atomic E-state index is 13.4. The van der Waals surface area contributed by atoms with Gasteiger partial charge >= 0.3 is 0 Å². The number of amides is 2. The van der Waals surface area contributed by atoms with E-state index >= 15 is 0 Å². The van der Waals surface area contributed by atoms with E-state index in [1.807, 2.05) is 19.9 Å². The molecule has 2 N–H and O–H groups in total. The summed E-state index contributed by atoms with van der Waals surface area (Å²) in [6.07, 6.45) is 1.53. The summed E-state index contributed by atoms with van der Waals surface area (Å²) in [7, 11) is -3.76. The van der Waals surface area contributed by atoms with E-state index in [-0.39, 0.29) is 30.0 Å². The van der Waals surface area contributed by atoms with Gasteiger partial charge in [0.1, 0.15) is 23.0 Å². The van der Waals surface area contributed by atoms with Crippen molar-refractivity contribution in [3.8, 4) is 6.07 Å². The number of carbonyl (C=O) groups excluding carboxylic acids is 2. The predicted molar refractivity (Wildman–Crippen MR) is 131 cm³/mol. The van der Waals surface area contributed by atoms with E-state index in [4.69, 9.17) is 5.26 Å². The fraction of sp³-hybridized carbons (Fsp3) is 0.458. The van der Waals surface area contributed by atoms with Gasteiger partial charge in [-0.15, -0.1) is 11.3 Å². The lowest BCUT2D eigenvalue weighted by Gasteiger charge is -2.29. The molecule has 2 heterocycles. The van der Waals surface area contributed by atoms with Crippen molar-refractivity contribution in [3.63, 3.8) is 0 Å². The first-order chi connectivity index (χ1) is 16.2. The lowest BCUT2D eigenvalue weighted by molar-refractivity contribution is -0.140. The standard InChI is InChI=1S/C24H30N4O4S2/c1-17(2)13-21(27-34(31,32)16-18-7-4-3-5-8-18)24(30)28-12-6-9-22(28)23(29)26-15-20-11-10-19(14-25)33-20/h3-5,7-8,10-11,17,21-22,27H,6,9,12-13,15-16H2,1-2H3,(H,26,29)/t21-,22+/m1/s1. The fourth-order valence-electron chi connectivity index (χ4n) is 4.05. The summed E-state index contributed by atoms with van der Waals surface area (Å²) in [6.45, 7) is 4.54. The van der Waals surface area contributed by atoms with E-state index in [1.54, 1.807) is 36.4 Å². The third-order valence-corrected chi connectivity index (χ3v) is 7.92. The normalized spacial score (nSPS) is 16.9. The van der Waals surface area contributed by atoms with Crippen molar-refractivity contribution in [3.05, 3.63) is 57.8 Å². The first-order valence-corrected chi connectivity index (χ1v) is 13.8. The Hall–Kier alpha value is -2.74. The van der Waals surface area contributed by atoms with E-state index in [2.05, 4.69) is 16.1 Å². The van der Waals surface area contributed by atoms with Gasteiger partial charge in [0.15, 0.2) is 0 Å². The Morgan fingerprint density at radius 3 is 2.59 bits per heavy atom. The van der Waals surface area contributed by atoms with E-state index in [0.717, 1.165) is 4.88 Å². The number of likely N-dealkylation sites (tertiary alicyclic amines) is 1. The van der Waals surface area contributed by atoms with Crippen molar-refractivity contribution < 1.29 is 18.0 Å². The topological polar surface area (TPSA) is 119 Å². The highest BCUT2D eigenvalue weighted by Gasteiger charge is 2.38. The van der Waals surface area contributed by atoms with Crippen LogP contribution in [0.5, 0.6) is 0 Å². The summed E-state index contributed by atoms with van der Waals surface area (Å²) >= 11 is 1.31. The minimum atomic E-state index is -3.76. The molecule has 2 atom stereocenters. The zero-order valence-corrected chi connectivity index (χ0v) is 21.0. The average Bonchev–Trinajstić information content (AvgIpc) is 3.46. The second kappa shape index (κ2) is 11.6. The fourth-order valence-corrected chi connectivity index (χ4v) is 6.14. The van der Waals surface area contributed by atoms with Crippen LogP contribution in [0.4, 0.5) is 0 Å². The van der Waals surface area contributed by atoms with Crippen molar-refractivity contribution in [2.24, 2.45) is 5.92 Å². The van der Waals surface area contributed by atoms with E-state index in [0.29, 0.717) is 36.2 Å². The Kier molecular flexibility index (Phi) is 8.83. The smallest absolute Gasteiger partial charge is 0.243 e. The molecule has 10 heteroatoms. The molecular weight excluding hydrogens is 472 g/mol. The maximum atomic E-state index is 13.4. The van der Waals surface area contributed by atoms with Gasteiger partial charge in [-0.05, 0) is 42.9 Å². The van der Waals surface area contributed by atoms with Crippen LogP contribution in [0.1, 0.15) is 48.4 Å². The highest BCUT2D eigenvalue weighted by atomic mass is 32.2. The predicted octanol–water partition coefficient (Wildman–Crippen LogP) is 2.76. The number of hydrogen-bond donors (Lipinski definition) is 2. The summed E-state index contributed by atoms with van der Waals surface area (Å²) in [5.74, 6) is -0.777. The molecule has 1 fully saturated rings. The van der Waals surface area contributed by atoms with Crippen LogP contribution >= 0.6 is 11.3 Å². The van der Waals surface area contributed by atoms with Crippen LogP contribution in [0.2, 0.25) is 0 Å². The summed E-state index contributed by atoms with van der Waals surface area (Å²) in [4.78, 5) is 29.2. The van der Waals surface area contributed by atoms with E-state index in [1.165, 1.54) is 16.2 Å². The van der Waals surface area contributed by atoms with Gasteiger partial charge in [-0.2, -0.15) is 5.26 Å². The number of rotatable bonds is 10. The number of benzene rings is 1. The molecule has 8 nitrogen and oxygen atoms in total. The van der Waals surface area contributed by atoms with E-state index in [9.17, 15) is 18.0 Å². The molecule has 0 spiro atoms. The second-order valence-corrected chi connectivity index (χ2v) is 11.8. The zero-order chi connectivity index (χ0) is 24.7. The molecule has 1 aromatic carbocycles. The number of hydrogen-bond acceptors (Lipinski definition) is 6. The molecule has 2 aromatic rings. The molecule has 0 aliphatic carbocycles. The van der Waals surface area contributed by atoms with Gasteiger partial charge < -0.3 is 10.2 Å². The maximum Gasteiger partial charge on any atom is 0.243 e. The van der Waals surface area contributed by atoms with Gasteiger partial charge in [-0.25, -0.2) is 13.1 Å². The first-order valence-electron chi connectivity index (χ1n) is 11.3. The lowest BCUT2D eigenvalue weighted by atomic mass is 10.0.